The van der Waals surface area contributed by atoms with E-state index >= 15 is 0 Å². The third-order valence-corrected chi connectivity index (χ3v) is 8.05. The molecule has 0 amide bonds. The van der Waals surface area contributed by atoms with Crippen molar-refractivity contribution >= 4 is 5.78 Å². The SMILES string of the molecule is COc1ccc(C[C@@H]2C(=O)C[C@H]3CCN(Cc4nccn4C)[C@H]4CCC[C@@H]2[C@H]34)cc1. The smallest absolute Gasteiger partial charge is 0.136 e. The lowest BCUT2D eigenvalue weighted by Gasteiger charge is -2.55. The van der Waals surface area contributed by atoms with Crippen LogP contribution in [0.3, 0.4) is 0 Å². The van der Waals surface area contributed by atoms with Crippen LogP contribution in [0.2, 0.25) is 0 Å². The van der Waals surface area contributed by atoms with E-state index in [0.29, 0.717) is 29.6 Å². The van der Waals surface area contributed by atoms with Crippen LogP contribution in [-0.2, 0) is 24.8 Å². The number of carbonyl (C=O) groups is 1. The van der Waals surface area contributed by atoms with E-state index in [9.17, 15) is 4.79 Å². The molecule has 1 aromatic heterocycles. The Morgan fingerprint density at radius 1 is 1.17 bits per heavy atom. The van der Waals surface area contributed by atoms with Crippen molar-refractivity contribution in [1.82, 2.24) is 14.5 Å². The van der Waals surface area contributed by atoms with E-state index in [2.05, 4.69) is 33.6 Å². The molecule has 2 aliphatic carbocycles. The van der Waals surface area contributed by atoms with Gasteiger partial charge in [-0.25, -0.2) is 4.98 Å². The van der Waals surface area contributed by atoms with Gasteiger partial charge in [0.1, 0.15) is 17.4 Å². The second kappa shape index (κ2) is 8.18. The molecule has 5 rings (SSSR count). The number of rotatable bonds is 5. The second-order valence-electron chi connectivity index (χ2n) is 9.54. The standard InChI is InChI=1S/C25H33N3O2/c1-27-13-11-26-24(27)16-28-12-10-18-15-23(29)21(20-4-3-5-22(28)25(18)20)14-17-6-8-19(30-2)9-7-17/h6-9,11,13,18,20-22,25H,3-5,10,12,14-16H2,1-2H3/t18-,20+,21+,22+,25+/m1/s1. The Morgan fingerprint density at radius 3 is 2.73 bits per heavy atom. The summed E-state index contributed by atoms with van der Waals surface area (Å²) < 4.78 is 7.44. The summed E-state index contributed by atoms with van der Waals surface area (Å²) >= 11 is 0. The van der Waals surface area contributed by atoms with Gasteiger partial charge in [0.25, 0.3) is 0 Å². The Hall–Kier alpha value is -2.14. The number of methoxy groups -OCH3 is 1. The molecule has 1 saturated heterocycles. The summed E-state index contributed by atoms with van der Waals surface area (Å²) in [6.07, 6.45) is 10.5. The number of ether oxygens (including phenoxy) is 1. The van der Waals surface area contributed by atoms with Gasteiger partial charge in [0.15, 0.2) is 0 Å². The highest BCUT2D eigenvalue weighted by Crippen LogP contribution is 2.51. The van der Waals surface area contributed by atoms with Gasteiger partial charge in [-0.3, -0.25) is 9.69 Å². The molecule has 5 nitrogen and oxygen atoms in total. The molecule has 2 aromatic rings. The summed E-state index contributed by atoms with van der Waals surface area (Å²) in [4.78, 5) is 20.5. The summed E-state index contributed by atoms with van der Waals surface area (Å²) in [5.74, 6) is 4.49. The van der Waals surface area contributed by atoms with Gasteiger partial charge in [-0.2, -0.15) is 0 Å². The molecular weight excluding hydrogens is 374 g/mol. The number of benzene rings is 1. The number of carbonyl (C=O) groups excluding carboxylic acids is 1. The van der Waals surface area contributed by atoms with Crippen LogP contribution in [0.25, 0.3) is 0 Å². The molecule has 0 N–H and O–H groups in total. The first-order chi connectivity index (χ1) is 14.6. The molecule has 160 valence electrons. The third-order valence-electron chi connectivity index (χ3n) is 8.05. The van der Waals surface area contributed by atoms with Gasteiger partial charge in [-0.1, -0.05) is 18.6 Å². The molecule has 0 unspecified atom stereocenters. The van der Waals surface area contributed by atoms with Crippen LogP contribution in [0.5, 0.6) is 5.75 Å². The summed E-state index contributed by atoms with van der Waals surface area (Å²) in [6.45, 7) is 2.03. The van der Waals surface area contributed by atoms with Crippen LogP contribution in [-0.4, -0.2) is 39.9 Å². The maximum absolute atomic E-state index is 13.2. The van der Waals surface area contributed by atoms with Crippen molar-refractivity contribution in [3.8, 4) is 5.75 Å². The van der Waals surface area contributed by atoms with E-state index in [1.54, 1.807) is 7.11 Å². The van der Waals surface area contributed by atoms with Gasteiger partial charge in [0, 0.05) is 37.8 Å². The summed E-state index contributed by atoms with van der Waals surface area (Å²) in [5.41, 5.74) is 1.26. The fourth-order valence-electron chi connectivity index (χ4n) is 6.58. The van der Waals surface area contributed by atoms with Gasteiger partial charge >= 0.3 is 0 Å². The zero-order valence-electron chi connectivity index (χ0n) is 18.2. The monoisotopic (exact) mass is 407 g/mol. The van der Waals surface area contributed by atoms with Crippen LogP contribution in [0, 0.1) is 23.7 Å². The van der Waals surface area contributed by atoms with E-state index in [0.717, 1.165) is 43.9 Å². The molecule has 3 fully saturated rings. The average molecular weight is 408 g/mol. The lowest BCUT2D eigenvalue weighted by molar-refractivity contribution is -0.139. The van der Waals surface area contributed by atoms with Crippen molar-refractivity contribution in [2.24, 2.45) is 30.7 Å². The van der Waals surface area contributed by atoms with E-state index in [1.807, 2.05) is 24.5 Å². The Bertz CT molecular complexity index is 890. The van der Waals surface area contributed by atoms with Crippen molar-refractivity contribution in [1.29, 1.82) is 0 Å². The molecule has 0 bridgehead atoms. The van der Waals surface area contributed by atoms with E-state index in [1.165, 1.54) is 24.8 Å². The molecule has 0 radical (unpaired) electrons. The molecule has 1 aromatic carbocycles. The quantitative estimate of drug-likeness (QED) is 0.755. The summed E-state index contributed by atoms with van der Waals surface area (Å²) in [7, 11) is 3.78. The molecule has 0 spiro atoms. The fraction of sp³-hybridized carbons (Fsp3) is 0.600. The minimum Gasteiger partial charge on any atom is -0.497 e. The van der Waals surface area contributed by atoms with Crippen LogP contribution < -0.4 is 4.74 Å². The minimum atomic E-state index is 0.176. The number of nitrogens with zero attached hydrogens (tertiary/aromatic N) is 3. The number of Topliss-reactive ketones (excluding diaryl/α,β-unsaturated/α-hetero) is 1. The third kappa shape index (κ3) is 3.58. The van der Waals surface area contributed by atoms with Crippen molar-refractivity contribution in [3.05, 3.63) is 48.0 Å². The Labute approximate surface area is 179 Å². The van der Waals surface area contributed by atoms with Crippen molar-refractivity contribution < 1.29 is 9.53 Å². The normalized spacial score (nSPS) is 31.4. The predicted molar refractivity (Wildman–Crippen MR) is 116 cm³/mol. The lowest BCUT2D eigenvalue weighted by Crippen LogP contribution is -2.58. The van der Waals surface area contributed by atoms with E-state index in [-0.39, 0.29) is 5.92 Å². The second-order valence-corrected chi connectivity index (χ2v) is 9.54. The number of imidazole rings is 1. The first-order valence-electron chi connectivity index (χ1n) is 11.5. The maximum atomic E-state index is 13.2. The molecule has 3 aliphatic rings. The number of aryl methyl sites for hydroxylation is 1. The number of hydrogen-bond acceptors (Lipinski definition) is 4. The molecule has 2 saturated carbocycles. The topological polar surface area (TPSA) is 47.4 Å². The Balaban J connectivity index is 1.36. The minimum absolute atomic E-state index is 0.176. The van der Waals surface area contributed by atoms with Crippen molar-refractivity contribution in [3.63, 3.8) is 0 Å². The van der Waals surface area contributed by atoms with Gasteiger partial charge in [-0.05, 0) is 67.7 Å². The lowest BCUT2D eigenvalue weighted by atomic mass is 9.56. The van der Waals surface area contributed by atoms with Crippen molar-refractivity contribution in [2.75, 3.05) is 13.7 Å². The highest BCUT2D eigenvalue weighted by molar-refractivity contribution is 5.83. The predicted octanol–water partition coefficient (Wildman–Crippen LogP) is 3.87. The number of aromatic nitrogens is 2. The van der Waals surface area contributed by atoms with Crippen LogP contribution in [0.15, 0.2) is 36.7 Å². The molecule has 2 heterocycles. The molecule has 30 heavy (non-hydrogen) atoms. The van der Waals surface area contributed by atoms with Gasteiger partial charge in [0.2, 0.25) is 0 Å². The molecule has 1 aliphatic heterocycles. The summed E-state index contributed by atoms with van der Waals surface area (Å²) in [5, 5.41) is 0. The van der Waals surface area contributed by atoms with E-state index in [4.69, 9.17) is 4.74 Å². The fourth-order valence-corrected chi connectivity index (χ4v) is 6.58. The first kappa shape index (κ1) is 19.8. The van der Waals surface area contributed by atoms with Gasteiger partial charge in [-0.15, -0.1) is 0 Å². The largest absolute Gasteiger partial charge is 0.497 e. The number of likely N-dealkylation sites (tertiary alicyclic amines) is 1. The van der Waals surface area contributed by atoms with Crippen LogP contribution >= 0.6 is 0 Å². The van der Waals surface area contributed by atoms with E-state index < -0.39 is 0 Å². The van der Waals surface area contributed by atoms with Crippen LogP contribution in [0.1, 0.15) is 43.5 Å². The van der Waals surface area contributed by atoms with Crippen LogP contribution in [0.4, 0.5) is 0 Å². The molecular formula is C25H33N3O2. The zero-order valence-corrected chi connectivity index (χ0v) is 18.2. The molecule has 5 heteroatoms. The molecule has 5 atom stereocenters. The zero-order chi connectivity index (χ0) is 20.7. The van der Waals surface area contributed by atoms with Crippen molar-refractivity contribution in [2.45, 2.75) is 51.1 Å². The highest BCUT2D eigenvalue weighted by Gasteiger charge is 2.51. The highest BCUT2D eigenvalue weighted by atomic mass is 16.5. The van der Waals surface area contributed by atoms with Gasteiger partial charge < -0.3 is 9.30 Å². The van der Waals surface area contributed by atoms with Gasteiger partial charge in [0.05, 0.1) is 13.7 Å². The number of hydrogen-bond donors (Lipinski definition) is 0. The summed E-state index contributed by atoms with van der Waals surface area (Å²) in [6, 6.07) is 8.90. The number of piperidine rings is 1. The maximum Gasteiger partial charge on any atom is 0.136 e. The average Bonchev–Trinajstić information content (AvgIpc) is 3.17. The Morgan fingerprint density at radius 2 is 2.00 bits per heavy atom. The first-order valence-corrected chi connectivity index (χ1v) is 11.5. The number of ketones is 1. The Kier molecular flexibility index (Phi) is 5.40.